The van der Waals surface area contributed by atoms with Gasteiger partial charge in [0, 0.05) is 11.7 Å². The molecule has 2 rings (SSSR count). The predicted molar refractivity (Wildman–Crippen MR) is 69.8 cm³/mol. The van der Waals surface area contributed by atoms with Crippen LogP contribution < -0.4 is 14.8 Å². The van der Waals surface area contributed by atoms with E-state index in [4.69, 9.17) is 9.88 Å². The molecule has 1 atom stereocenters. The molecular formula is C11H15N3O4S. The van der Waals surface area contributed by atoms with Gasteiger partial charge in [0.25, 0.3) is 10.2 Å². The molecule has 0 unspecified atom stereocenters. The molecule has 104 valence electrons. The summed E-state index contributed by atoms with van der Waals surface area (Å²) in [5.74, 6) is 0. The lowest BCUT2D eigenvalue weighted by Gasteiger charge is -2.16. The zero-order valence-corrected chi connectivity index (χ0v) is 11.2. The monoisotopic (exact) mass is 285 g/mol. The number of rotatable bonds is 4. The van der Waals surface area contributed by atoms with Crippen molar-refractivity contribution in [3.05, 3.63) is 29.8 Å². The lowest BCUT2D eigenvalue weighted by molar-refractivity contribution is 0.181. The second-order valence-corrected chi connectivity index (χ2v) is 5.57. The molecule has 1 aromatic rings. The fourth-order valence-corrected chi connectivity index (χ4v) is 2.51. The van der Waals surface area contributed by atoms with E-state index < -0.39 is 16.3 Å². The molecule has 3 N–H and O–H groups in total. The summed E-state index contributed by atoms with van der Waals surface area (Å²) in [5.41, 5.74) is 1.47. The van der Waals surface area contributed by atoms with E-state index in [1.54, 1.807) is 31.2 Å². The molecule has 0 spiro atoms. The zero-order valence-electron chi connectivity index (χ0n) is 10.4. The lowest BCUT2D eigenvalue weighted by Crippen LogP contribution is -2.33. The molecule has 8 heteroatoms. The number of cyclic esters (lactones) is 1. The zero-order chi connectivity index (χ0) is 14.0. The van der Waals surface area contributed by atoms with E-state index >= 15 is 0 Å². The summed E-state index contributed by atoms with van der Waals surface area (Å²) in [7, 11) is -3.74. The first-order valence-electron chi connectivity index (χ1n) is 5.71. The maximum Gasteiger partial charge on any atom is 0.414 e. The third-order valence-electron chi connectivity index (χ3n) is 2.81. The number of hydrogen-bond acceptors (Lipinski definition) is 4. The van der Waals surface area contributed by atoms with Gasteiger partial charge in [-0.2, -0.15) is 13.1 Å². The van der Waals surface area contributed by atoms with E-state index in [1.807, 2.05) is 0 Å². The molecule has 1 fully saturated rings. The van der Waals surface area contributed by atoms with E-state index in [0.717, 1.165) is 5.56 Å². The number of carbonyl (C=O) groups is 1. The SMILES string of the molecule is C[C@@H](NS(N)(=O)=O)c1ccc(N2CCOC2=O)cc1. The minimum absolute atomic E-state index is 0.372. The van der Waals surface area contributed by atoms with Crippen LogP contribution in [0.2, 0.25) is 0 Å². The average Bonchev–Trinajstić information content (AvgIpc) is 2.73. The highest BCUT2D eigenvalue weighted by atomic mass is 32.2. The average molecular weight is 285 g/mol. The Balaban J connectivity index is 2.12. The molecule has 1 heterocycles. The van der Waals surface area contributed by atoms with Crippen molar-refractivity contribution >= 4 is 22.0 Å². The van der Waals surface area contributed by atoms with Gasteiger partial charge in [-0.3, -0.25) is 4.90 Å². The van der Waals surface area contributed by atoms with Crippen molar-refractivity contribution in [2.75, 3.05) is 18.1 Å². The van der Waals surface area contributed by atoms with E-state index in [0.29, 0.717) is 18.8 Å². The van der Waals surface area contributed by atoms with Crippen molar-refractivity contribution in [1.29, 1.82) is 0 Å². The van der Waals surface area contributed by atoms with Crippen LogP contribution in [-0.2, 0) is 14.9 Å². The molecule has 1 aliphatic heterocycles. The van der Waals surface area contributed by atoms with Crippen LogP contribution in [0.25, 0.3) is 0 Å². The Morgan fingerprint density at radius 3 is 2.47 bits per heavy atom. The molecule has 1 aromatic carbocycles. The molecule has 1 aliphatic rings. The topological polar surface area (TPSA) is 102 Å². The van der Waals surface area contributed by atoms with Crippen molar-refractivity contribution < 1.29 is 17.9 Å². The molecule has 1 saturated heterocycles. The van der Waals surface area contributed by atoms with Gasteiger partial charge >= 0.3 is 6.09 Å². The van der Waals surface area contributed by atoms with E-state index in [2.05, 4.69) is 4.72 Å². The van der Waals surface area contributed by atoms with Crippen molar-refractivity contribution in [2.24, 2.45) is 5.14 Å². The number of nitrogens with zero attached hydrogens (tertiary/aromatic N) is 1. The van der Waals surface area contributed by atoms with E-state index in [9.17, 15) is 13.2 Å². The quantitative estimate of drug-likeness (QED) is 0.840. The second kappa shape index (κ2) is 5.16. The van der Waals surface area contributed by atoms with Crippen molar-refractivity contribution in [3.8, 4) is 0 Å². The first-order valence-corrected chi connectivity index (χ1v) is 7.26. The summed E-state index contributed by atoms with van der Waals surface area (Å²) in [6.45, 7) is 2.58. The van der Waals surface area contributed by atoms with Gasteiger partial charge in [-0.25, -0.2) is 9.93 Å². The molecule has 0 bridgehead atoms. The molecule has 19 heavy (non-hydrogen) atoms. The van der Waals surface area contributed by atoms with Crippen LogP contribution in [-0.4, -0.2) is 27.7 Å². The molecule has 0 radical (unpaired) electrons. The Bertz CT molecular complexity index is 570. The van der Waals surface area contributed by atoms with Crippen LogP contribution in [0.15, 0.2) is 24.3 Å². The maximum atomic E-state index is 11.4. The van der Waals surface area contributed by atoms with E-state index in [1.165, 1.54) is 4.90 Å². The van der Waals surface area contributed by atoms with Gasteiger partial charge in [0.05, 0.1) is 6.54 Å². The standard InChI is InChI=1S/C11H15N3O4S/c1-8(13-19(12,16)17)9-2-4-10(5-3-9)14-6-7-18-11(14)15/h2-5,8,13H,6-7H2,1H3,(H2,12,16,17)/t8-/m1/s1. The van der Waals surface area contributed by atoms with Gasteiger partial charge in [0.2, 0.25) is 0 Å². The predicted octanol–water partition coefficient (Wildman–Crippen LogP) is 0.497. The largest absolute Gasteiger partial charge is 0.447 e. The lowest BCUT2D eigenvalue weighted by atomic mass is 10.1. The van der Waals surface area contributed by atoms with Crippen molar-refractivity contribution in [3.63, 3.8) is 0 Å². The van der Waals surface area contributed by atoms with Crippen molar-refractivity contribution in [1.82, 2.24) is 4.72 Å². The third-order valence-corrected chi connectivity index (χ3v) is 3.49. The molecule has 0 aromatic heterocycles. The Kier molecular flexibility index (Phi) is 3.74. The molecule has 1 amide bonds. The second-order valence-electron chi connectivity index (χ2n) is 4.24. The van der Waals surface area contributed by atoms with Crippen LogP contribution in [0, 0.1) is 0 Å². The molecule has 0 saturated carbocycles. The van der Waals surface area contributed by atoms with Gasteiger partial charge in [-0.05, 0) is 24.6 Å². The van der Waals surface area contributed by atoms with Crippen LogP contribution in [0.4, 0.5) is 10.5 Å². The summed E-state index contributed by atoms with van der Waals surface area (Å²) in [6.07, 6.45) is -0.372. The highest BCUT2D eigenvalue weighted by molar-refractivity contribution is 7.87. The number of benzene rings is 1. The first kappa shape index (κ1) is 13.8. The van der Waals surface area contributed by atoms with Gasteiger partial charge in [0.15, 0.2) is 0 Å². The van der Waals surface area contributed by atoms with Gasteiger partial charge < -0.3 is 4.74 Å². The van der Waals surface area contributed by atoms with Crippen LogP contribution in [0.5, 0.6) is 0 Å². The van der Waals surface area contributed by atoms with E-state index in [-0.39, 0.29) is 6.09 Å². The van der Waals surface area contributed by atoms with Gasteiger partial charge in [0.1, 0.15) is 6.61 Å². The number of amides is 1. The van der Waals surface area contributed by atoms with Crippen LogP contribution in [0.1, 0.15) is 18.5 Å². The van der Waals surface area contributed by atoms with Crippen LogP contribution >= 0.6 is 0 Å². The smallest absolute Gasteiger partial charge is 0.414 e. The third kappa shape index (κ3) is 3.43. The molecule has 0 aliphatic carbocycles. The number of nitrogens with two attached hydrogens (primary N) is 1. The van der Waals surface area contributed by atoms with Crippen molar-refractivity contribution in [2.45, 2.75) is 13.0 Å². The number of nitrogens with one attached hydrogen (secondary N) is 1. The Morgan fingerprint density at radius 2 is 2.00 bits per heavy atom. The Morgan fingerprint density at radius 1 is 1.37 bits per heavy atom. The van der Waals surface area contributed by atoms with Crippen LogP contribution in [0.3, 0.4) is 0 Å². The summed E-state index contributed by atoms with van der Waals surface area (Å²) in [4.78, 5) is 12.9. The first-order chi connectivity index (χ1) is 8.87. The number of carbonyl (C=O) groups excluding carboxylic acids is 1. The fraction of sp³-hybridized carbons (Fsp3) is 0.364. The summed E-state index contributed by atoms with van der Waals surface area (Å²) in [5, 5.41) is 4.91. The van der Waals surface area contributed by atoms with Gasteiger partial charge in [-0.1, -0.05) is 12.1 Å². The highest BCUT2D eigenvalue weighted by Crippen LogP contribution is 2.21. The highest BCUT2D eigenvalue weighted by Gasteiger charge is 2.23. The van der Waals surface area contributed by atoms with Gasteiger partial charge in [-0.15, -0.1) is 0 Å². The maximum absolute atomic E-state index is 11.4. The summed E-state index contributed by atoms with van der Waals surface area (Å²) < 4.78 is 29.0. The normalized spacial score (nSPS) is 17.4. The fourth-order valence-electron chi connectivity index (χ4n) is 1.89. The summed E-state index contributed by atoms with van der Waals surface area (Å²) >= 11 is 0. The summed E-state index contributed by atoms with van der Waals surface area (Å²) in [6, 6.07) is 6.52. The number of anilines is 1. The minimum atomic E-state index is -3.74. The molecule has 7 nitrogen and oxygen atoms in total. The molecular weight excluding hydrogens is 270 g/mol. The number of ether oxygens (including phenoxy) is 1. The Hall–Kier alpha value is -1.64. The Labute approximate surface area is 111 Å². The number of hydrogen-bond donors (Lipinski definition) is 2. The minimum Gasteiger partial charge on any atom is -0.447 e.